The van der Waals surface area contributed by atoms with Crippen LogP contribution in [-0.2, 0) is 4.43 Å². The third-order valence-corrected chi connectivity index (χ3v) is 3.06. The fourth-order valence-electron chi connectivity index (χ4n) is 0.995. The van der Waals surface area contributed by atoms with Crippen molar-refractivity contribution in [2.24, 2.45) is 0 Å². The molecule has 0 atom stereocenters. The Labute approximate surface area is 98.2 Å². The minimum atomic E-state index is -5.87. The molecule has 0 aromatic rings. The number of alkyl halides is 9. The molecule has 1 nitrogen and oxygen atoms in total. The number of halogens is 9. The van der Waals surface area contributed by atoms with Crippen LogP contribution in [-0.4, -0.2) is 40.4 Å². The molecular weight excluding hydrogens is 299 g/mol. The maximum atomic E-state index is 12.8. The van der Waals surface area contributed by atoms with Gasteiger partial charge in [0.25, 0.3) is 0 Å². The van der Waals surface area contributed by atoms with E-state index in [9.17, 15) is 39.5 Å². The van der Waals surface area contributed by atoms with Gasteiger partial charge < -0.3 is 4.43 Å². The number of rotatable bonds is 6. The predicted octanol–water partition coefficient (Wildman–Crippen LogP) is 2.92. The van der Waals surface area contributed by atoms with E-state index in [1.807, 2.05) is 0 Å². The number of hydrogen-bond donors (Lipinski definition) is 0. The smallest absolute Gasteiger partial charge is 0.389 e. The molecule has 0 fully saturated rings. The second-order valence-electron chi connectivity index (χ2n) is 3.53. The standard InChI is InChI=1S/C7H9F9OSi/c1-17-18-7(15,16)6(13,14)4(8,9)2-3-5(10,11)12/h2-3,18H2,1H3. The molecule has 0 aliphatic carbocycles. The summed E-state index contributed by atoms with van der Waals surface area (Å²) in [7, 11) is -2.70. The Morgan fingerprint density at radius 1 is 0.833 bits per heavy atom. The van der Waals surface area contributed by atoms with Gasteiger partial charge in [-0.15, -0.1) is 0 Å². The second-order valence-corrected chi connectivity index (χ2v) is 5.29. The lowest BCUT2D eigenvalue weighted by Gasteiger charge is -2.32. The Bertz CT molecular complexity index is 275. The normalized spacial score (nSPS) is 15.7. The molecule has 0 aromatic carbocycles. The summed E-state index contributed by atoms with van der Waals surface area (Å²) in [4.78, 5) is 0. The van der Waals surface area contributed by atoms with Crippen molar-refractivity contribution in [1.82, 2.24) is 0 Å². The molecule has 0 N–H and O–H groups in total. The number of hydrogen-bond acceptors (Lipinski definition) is 1. The molecule has 0 amide bonds. The van der Waals surface area contributed by atoms with Gasteiger partial charge in [-0.2, -0.15) is 30.7 Å². The third kappa shape index (κ3) is 4.04. The van der Waals surface area contributed by atoms with E-state index in [1.54, 1.807) is 0 Å². The molecule has 110 valence electrons. The van der Waals surface area contributed by atoms with E-state index in [0.29, 0.717) is 7.11 Å². The molecule has 11 heteroatoms. The van der Waals surface area contributed by atoms with Crippen LogP contribution in [0.1, 0.15) is 12.8 Å². The lowest BCUT2D eigenvalue weighted by molar-refractivity contribution is -0.291. The zero-order chi connectivity index (χ0) is 14.8. The van der Waals surface area contributed by atoms with E-state index in [-0.39, 0.29) is 0 Å². The SMILES string of the molecule is CO[SiH2]C(F)(F)C(F)(F)C(F)(F)CCC(F)(F)F. The van der Waals surface area contributed by atoms with E-state index < -0.39 is 46.2 Å². The molecule has 0 aliphatic heterocycles. The Hall–Kier alpha value is -0.453. The van der Waals surface area contributed by atoms with Gasteiger partial charge in [-0.25, -0.2) is 8.78 Å². The Balaban J connectivity index is 4.95. The van der Waals surface area contributed by atoms with Gasteiger partial charge in [-0.1, -0.05) is 0 Å². The molecule has 0 aromatic heterocycles. The van der Waals surface area contributed by atoms with Gasteiger partial charge in [0.1, 0.15) is 0 Å². The highest BCUT2D eigenvalue weighted by atomic mass is 28.2. The van der Waals surface area contributed by atoms with E-state index >= 15 is 0 Å². The summed E-state index contributed by atoms with van der Waals surface area (Å²) in [6, 6.07) is 0. The average Bonchev–Trinajstić information content (AvgIpc) is 2.13. The van der Waals surface area contributed by atoms with E-state index in [4.69, 9.17) is 0 Å². The molecule has 0 heterocycles. The monoisotopic (exact) mass is 308 g/mol. The highest BCUT2D eigenvalue weighted by Gasteiger charge is 2.71. The molecule has 0 bridgehead atoms. The van der Waals surface area contributed by atoms with Crippen molar-refractivity contribution in [3.63, 3.8) is 0 Å². The second kappa shape index (κ2) is 5.27. The van der Waals surface area contributed by atoms with Gasteiger partial charge in [-0.05, 0) is 0 Å². The fraction of sp³-hybridized carbons (Fsp3) is 1.00. The van der Waals surface area contributed by atoms with Crippen molar-refractivity contribution < 1.29 is 43.9 Å². The summed E-state index contributed by atoms with van der Waals surface area (Å²) >= 11 is 0. The van der Waals surface area contributed by atoms with Crippen LogP contribution in [0.2, 0.25) is 0 Å². The summed E-state index contributed by atoms with van der Waals surface area (Å²) in [5, 5.41) is 0. The average molecular weight is 308 g/mol. The first kappa shape index (κ1) is 17.5. The van der Waals surface area contributed by atoms with Crippen LogP contribution in [0.15, 0.2) is 0 Å². The molecule has 0 radical (unpaired) electrons. The van der Waals surface area contributed by atoms with Crippen molar-refractivity contribution in [1.29, 1.82) is 0 Å². The van der Waals surface area contributed by atoms with Crippen molar-refractivity contribution in [2.45, 2.75) is 36.4 Å². The van der Waals surface area contributed by atoms with Crippen molar-refractivity contribution in [2.75, 3.05) is 7.11 Å². The van der Waals surface area contributed by atoms with Gasteiger partial charge in [0.05, 0.1) is 0 Å². The quantitative estimate of drug-likeness (QED) is 0.541. The zero-order valence-corrected chi connectivity index (χ0v) is 10.3. The van der Waals surface area contributed by atoms with E-state index in [1.165, 1.54) is 0 Å². The lowest BCUT2D eigenvalue weighted by Crippen LogP contribution is -2.57. The Morgan fingerprint density at radius 2 is 1.28 bits per heavy atom. The Kier molecular flexibility index (Phi) is 5.14. The van der Waals surface area contributed by atoms with Crippen LogP contribution in [0.5, 0.6) is 0 Å². The van der Waals surface area contributed by atoms with Crippen molar-refractivity contribution in [3.8, 4) is 0 Å². The molecule has 0 saturated heterocycles. The van der Waals surface area contributed by atoms with E-state index in [0.717, 1.165) is 0 Å². The highest BCUT2D eigenvalue weighted by molar-refractivity contribution is 6.31. The molecule has 0 aliphatic rings. The van der Waals surface area contributed by atoms with Crippen molar-refractivity contribution >= 4 is 9.76 Å². The first-order valence-electron chi connectivity index (χ1n) is 4.46. The topological polar surface area (TPSA) is 9.23 Å². The minimum absolute atomic E-state index is 0.629. The van der Waals surface area contributed by atoms with Gasteiger partial charge in [0, 0.05) is 20.0 Å². The minimum Gasteiger partial charge on any atom is -0.420 e. The van der Waals surface area contributed by atoms with Crippen LogP contribution >= 0.6 is 0 Å². The van der Waals surface area contributed by atoms with Crippen LogP contribution < -0.4 is 0 Å². The van der Waals surface area contributed by atoms with Crippen molar-refractivity contribution in [3.05, 3.63) is 0 Å². The first-order chi connectivity index (χ1) is 7.77. The van der Waals surface area contributed by atoms with Crippen LogP contribution in [0.25, 0.3) is 0 Å². The zero-order valence-electron chi connectivity index (χ0n) is 8.93. The molecule has 0 rings (SSSR count). The molecule has 0 saturated carbocycles. The first-order valence-corrected chi connectivity index (χ1v) is 5.74. The van der Waals surface area contributed by atoms with Crippen LogP contribution in [0.4, 0.5) is 39.5 Å². The maximum absolute atomic E-state index is 12.8. The summed E-state index contributed by atoms with van der Waals surface area (Å²) < 4.78 is 115. The molecular formula is C7H9F9OSi. The summed E-state index contributed by atoms with van der Waals surface area (Å²) in [5.41, 5.74) is -5.13. The van der Waals surface area contributed by atoms with Crippen LogP contribution in [0.3, 0.4) is 0 Å². The van der Waals surface area contributed by atoms with Gasteiger partial charge >= 0.3 is 23.6 Å². The maximum Gasteiger partial charge on any atom is 0.389 e. The lowest BCUT2D eigenvalue weighted by atomic mass is 10.1. The Morgan fingerprint density at radius 3 is 1.61 bits per heavy atom. The summed E-state index contributed by atoms with van der Waals surface area (Å²) in [6.45, 7) is 0. The largest absolute Gasteiger partial charge is 0.420 e. The third-order valence-electron chi connectivity index (χ3n) is 1.97. The van der Waals surface area contributed by atoms with Gasteiger partial charge in [0.2, 0.25) is 9.76 Å². The molecule has 0 spiro atoms. The van der Waals surface area contributed by atoms with Crippen LogP contribution in [0, 0.1) is 0 Å². The highest BCUT2D eigenvalue weighted by Crippen LogP contribution is 2.48. The molecule has 18 heavy (non-hydrogen) atoms. The fourth-order valence-corrected chi connectivity index (χ4v) is 1.80. The molecule has 0 unspecified atom stereocenters. The van der Waals surface area contributed by atoms with Gasteiger partial charge in [0.15, 0.2) is 0 Å². The van der Waals surface area contributed by atoms with Gasteiger partial charge in [-0.3, -0.25) is 0 Å². The predicted molar refractivity (Wildman–Crippen MR) is 45.7 cm³/mol. The summed E-state index contributed by atoms with van der Waals surface area (Å²) in [5.74, 6) is -11.3. The summed E-state index contributed by atoms with van der Waals surface area (Å²) in [6.07, 6.45) is -9.81. The van der Waals surface area contributed by atoms with E-state index in [2.05, 4.69) is 4.43 Å².